The first-order chi connectivity index (χ1) is 13.1. The van der Waals surface area contributed by atoms with Gasteiger partial charge in [0.2, 0.25) is 0 Å². The van der Waals surface area contributed by atoms with Crippen LogP contribution in [-0.2, 0) is 4.79 Å². The average Bonchev–Trinajstić information content (AvgIpc) is 3.19. The molecule has 0 spiro atoms. The Balaban J connectivity index is 0.00000102. The van der Waals surface area contributed by atoms with Gasteiger partial charge in [0.1, 0.15) is 5.78 Å². The van der Waals surface area contributed by atoms with Gasteiger partial charge in [-0.15, -0.1) is 11.3 Å². The predicted molar refractivity (Wildman–Crippen MR) is 119 cm³/mol. The summed E-state index contributed by atoms with van der Waals surface area (Å²) in [5.74, 6) is 0.694. The fraction of sp³-hybridized carbons (Fsp3) is 0.619. The predicted octanol–water partition coefficient (Wildman–Crippen LogP) is 5.24. The lowest BCUT2D eigenvalue weighted by molar-refractivity contribution is -0.122. The number of hydrogen-bond acceptors (Lipinski definition) is 6. The van der Waals surface area contributed by atoms with Crippen LogP contribution in [0.2, 0.25) is 0 Å². The molecule has 27 heavy (non-hydrogen) atoms. The second-order valence-electron chi connectivity index (χ2n) is 7.19. The first kappa shape index (κ1) is 20.6. The van der Waals surface area contributed by atoms with E-state index in [1.165, 1.54) is 17.7 Å². The molecule has 4 rings (SSSR count). The van der Waals surface area contributed by atoms with Gasteiger partial charge in [0.15, 0.2) is 5.17 Å². The molecule has 2 aliphatic heterocycles. The van der Waals surface area contributed by atoms with Crippen molar-refractivity contribution in [3.8, 4) is 0 Å². The van der Waals surface area contributed by atoms with E-state index in [1.54, 1.807) is 30.0 Å². The summed E-state index contributed by atoms with van der Waals surface area (Å²) in [5, 5.41) is 3.20. The lowest BCUT2D eigenvalue weighted by atomic mass is 9.83. The van der Waals surface area contributed by atoms with Crippen molar-refractivity contribution < 1.29 is 4.79 Å². The molecule has 0 N–H and O–H groups in total. The number of thioether (sulfide) groups is 1. The Hall–Kier alpha value is -1.11. The summed E-state index contributed by atoms with van der Waals surface area (Å²) in [4.78, 5) is 23.8. The van der Waals surface area contributed by atoms with Crippen molar-refractivity contribution in [3.05, 3.63) is 22.9 Å². The molecule has 2 fully saturated rings. The fourth-order valence-electron chi connectivity index (χ4n) is 4.14. The first-order valence-electron chi connectivity index (χ1n) is 10.1. The maximum Gasteiger partial charge on any atom is 0.169 e. The Morgan fingerprint density at radius 1 is 1.15 bits per heavy atom. The number of Topliss-reactive ketones (excluding diaryl/α,β-unsaturated/α-hetero) is 1. The minimum Gasteiger partial charge on any atom is -0.348 e. The highest BCUT2D eigenvalue weighted by Gasteiger charge is 2.31. The lowest BCUT2D eigenvalue weighted by Crippen LogP contribution is -2.52. The van der Waals surface area contributed by atoms with Crippen molar-refractivity contribution >= 4 is 44.6 Å². The number of amidine groups is 1. The number of carbonyl (C=O) groups excluding carboxylic acids is 1. The van der Waals surface area contributed by atoms with Crippen LogP contribution in [0.5, 0.6) is 0 Å². The fourth-order valence-corrected chi connectivity index (χ4v) is 5.98. The molecule has 0 unspecified atom stereocenters. The third-order valence-corrected chi connectivity index (χ3v) is 7.78. The number of thiophene rings is 1. The van der Waals surface area contributed by atoms with E-state index < -0.39 is 0 Å². The van der Waals surface area contributed by atoms with Crippen LogP contribution in [0.15, 0.2) is 23.0 Å². The number of fused-ring (bicyclic) bond motifs is 1. The number of aliphatic imine (C=N–C) groups is 1. The van der Waals surface area contributed by atoms with Crippen LogP contribution in [0.4, 0.5) is 5.69 Å². The molecule has 1 saturated heterocycles. The van der Waals surface area contributed by atoms with Crippen LogP contribution in [0.25, 0.3) is 4.91 Å². The summed E-state index contributed by atoms with van der Waals surface area (Å²) >= 11 is 3.44. The number of carbonyl (C=O) groups is 1. The van der Waals surface area contributed by atoms with Gasteiger partial charge in [-0.2, -0.15) is 0 Å². The van der Waals surface area contributed by atoms with Gasteiger partial charge in [-0.3, -0.25) is 9.69 Å². The minimum absolute atomic E-state index is 0.316. The topological polar surface area (TPSA) is 35.9 Å². The summed E-state index contributed by atoms with van der Waals surface area (Å²) in [7, 11) is 0. The maximum absolute atomic E-state index is 11.6. The standard InChI is InChI=1S/C19H25N3OS2.C2H6/c1-13(23)15-3-5-16(6-4-15)21-8-10-22(11-9-21)19-20-17-7-12-24-18(17)14(2)25-19;1-2/h7,12,15-16H,2-6,8-11H2,1H3;1-2H3. The SMILES string of the molecule is C=C1SC(N2CCN(C3CCC(C(C)=O)CC3)CC2)=Nc2ccsc21.CC. The largest absolute Gasteiger partial charge is 0.348 e. The molecule has 4 nitrogen and oxygen atoms in total. The molecule has 0 radical (unpaired) electrons. The smallest absolute Gasteiger partial charge is 0.169 e. The van der Waals surface area contributed by atoms with Crippen LogP contribution in [-0.4, -0.2) is 53.0 Å². The highest BCUT2D eigenvalue weighted by atomic mass is 32.2. The van der Waals surface area contributed by atoms with E-state index in [9.17, 15) is 4.79 Å². The molecule has 1 aliphatic carbocycles. The van der Waals surface area contributed by atoms with Crippen molar-refractivity contribution in [2.75, 3.05) is 26.2 Å². The molecule has 0 aromatic carbocycles. The number of rotatable bonds is 2. The number of hydrogen-bond donors (Lipinski definition) is 0. The van der Waals surface area contributed by atoms with Crippen molar-refractivity contribution in [3.63, 3.8) is 0 Å². The molecule has 1 aromatic heterocycles. The molecule has 3 aliphatic rings. The van der Waals surface area contributed by atoms with Gasteiger partial charge >= 0.3 is 0 Å². The Morgan fingerprint density at radius 2 is 1.81 bits per heavy atom. The third kappa shape index (κ3) is 4.66. The number of nitrogens with zero attached hydrogens (tertiary/aromatic N) is 3. The van der Waals surface area contributed by atoms with Crippen molar-refractivity contribution in [2.45, 2.75) is 52.5 Å². The van der Waals surface area contributed by atoms with Crippen molar-refractivity contribution in [1.82, 2.24) is 9.80 Å². The highest BCUT2D eigenvalue weighted by molar-refractivity contribution is 8.21. The monoisotopic (exact) mass is 405 g/mol. The quantitative estimate of drug-likeness (QED) is 0.674. The summed E-state index contributed by atoms with van der Waals surface area (Å²) < 4.78 is 0. The molecule has 0 amide bonds. The molecule has 0 atom stereocenters. The molecule has 148 valence electrons. The first-order valence-corrected chi connectivity index (χ1v) is 11.8. The van der Waals surface area contributed by atoms with E-state index in [2.05, 4.69) is 27.8 Å². The van der Waals surface area contributed by atoms with Crippen molar-refractivity contribution in [2.24, 2.45) is 10.9 Å². The van der Waals surface area contributed by atoms with Crippen LogP contribution in [0, 0.1) is 5.92 Å². The minimum atomic E-state index is 0.316. The third-order valence-electron chi connectivity index (χ3n) is 5.70. The lowest BCUT2D eigenvalue weighted by Gasteiger charge is -2.42. The van der Waals surface area contributed by atoms with Gasteiger partial charge < -0.3 is 4.90 Å². The van der Waals surface area contributed by atoms with Gasteiger partial charge in [-0.05, 0) is 44.1 Å². The van der Waals surface area contributed by atoms with Gasteiger partial charge in [0.05, 0.1) is 10.6 Å². The second-order valence-corrected chi connectivity index (χ2v) is 9.17. The molecule has 0 bridgehead atoms. The van der Waals surface area contributed by atoms with E-state index >= 15 is 0 Å². The van der Waals surface area contributed by atoms with E-state index in [0.717, 1.165) is 54.8 Å². The van der Waals surface area contributed by atoms with Crippen molar-refractivity contribution in [1.29, 1.82) is 0 Å². The van der Waals surface area contributed by atoms with Crippen LogP contribution in [0.1, 0.15) is 51.3 Å². The van der Waals surface area contributed by atoms with E-state index in [4.69, 9.17) is 4.99 Å². The zero-order chi connectivity index (χ0) is 19.4. The Morgan fingerprint density at radius 3 is 2.44 bits per heavy atom. The molecular weight excluding hydrogens is 374 g/mol. The second kappa shape index (κ2) is 9.39. The molecule has 1 saturated carbocycles. The summed E-state index contributed by atoms with van der Waals surface area (Å²) in [6.07, 6.45) is 4.50. The summed E-state index contributed by atoms with van der Waals surface area (Å²) in [6.45, 7) is 14.2. The molecule has 6 heteroatoms. The molecular formula is C21H31N3OS2. The van der Waals surface area contributed by atoms with Gasteiger partial charge in [0, 0.05) is 43.0 Å². The van der Waals surface area contributed by atoms with Gasteiger partial charge in [-0.25, -0.2) is 4.99 Å². The Kier molecular flexibility index (Phi) is 7.17. The van der Waals surface area contributed by atoms with E-state index in [0.29, 0.717) is 17.7 Å². The van der Waals surface area contributed by atoms with Crippen LogP contribution in [0.3, 0.4) is 0 Å². The summed E-state index contributed by atoms with van der Waals surface area (Å²) in [5.41, 5.74) is 1.08. The van der Waals surface area contributed by atoms with E-state index in [1.807, 2.05) is 13.8 Å². The van der Waals surface area contributed by atoms with Crippen LogP contribution < -0.4 is 0 Å². The zero-order valence-corrected chi connectivity index (χ0v) is 18.4. The normalized spacial score (nSPS) is 26.0. The highest BCUT2D eigenvalue weighted by Crippen LogP contribution is 2.43. The molecule has 3 heterocycles. The average molecular weight is 406 g/mol. The maximum atomic E-state index is 11.6. The Bertz CT molecular complexity index is 696. The number of piperazine rings is 1. The number of ketones is 1. The van der Waals surface area contributed by atoms with E-state index in [-0.39, 0.29) is 0 Å². The molecule has 1 aromatic rings. The summed E-state index contributed by atoms with van der Waals surface area (Å²) in [6, 6.07) is 2.76. The zero-order valence-electron chi connectivity index (χ0n) is 16.7. The van der Waals surface area contributed by atoms with Crippen LogP contribution >= 0.6 is 23.1 Å². The Labute approximate surface area is 171 Å². The van der Waals surface area contributed by atoms with Gasteiger partial charge in [-0.1, -0.05) is 32.2 Å². The van der Waals surface area contributed by atoms with Gasteiger partial charge in [0.25, 0.3) is 0 Å².